The minimum absolute atomic E-state index is 0.333. The molecule has 90 valence electrons. The third-order valence-electron chi connectivity index (χ3n) is 5.14. The molecule has 0 aromatic rings. The highest BCUT2D eigenvalue weighted by molar-refractivity contribution is 9.09. The Hall–Kier alpha value is -0.0400. The largest absolute Gasteiger partial charge is 0.0993 e. The first-order chi connectivity index (χ1) is 7.40. The predicted octanol–water partition coefficient (Wildman–Crippen LogP) is 5.24. The van der Waals surface area contributed by atoms with Gasteiger partial charge < -0.3 is 0 Å². The summed E-state index contributed by atoms with van der Waals surface area (Å²) in [4.78, 5) is 0.636. The van der Waals surface area contributed by atoms with E-state index < -0.39 is 0 Å². The van der Waals surface area contributed by atoms with Gasteiger partial charge in [0.05, 0.1) is 0 Å². The van der Waals surface area contributed by atoms with Crippen LogP contribution in [0.15, 0.2) is 23.8 Å². The van der Waals surface area contributed by atoms with Gasteiger partial charge in [0.25, 0.3) is 0 Å². The second kappa shape index (κ2) is 4.01. The summed E-state index contributed by atoms with van der Waals surface area (Å²) in [5.74, 6) is 0. The molecule has 2 aliphatic carbocycles. The van der Waals surface area contributed by atoms with Crippen molar-refractivity contribution >= 4 is 15.9 Å². The molecule has 1 spiro atoms. The van der Waals surface area contributed by atoms with Crippen LogP contribution in [0, 0.1) is 10.8 Å². The first-order valence-corrected chi connectivity index (χ1v) is 7.30. The van der Waals surface area contributed by atoms with Crippen molar-refractivity contribution in [1.82, 2.24) is 0 Å². The molecule has 0 aliphatic heterocycles. The molecule has 0 nitrogen and oxygen atoms in total. The van der Waals surface area contributed by atoms with Gasteiger partial charge in [0, 0.05) is 10.2 Å². The Morgan fingerprint density at radius 2 is 2.06 bits per heavy atom. The predicted molar refractivity (Wildman–Crippen MR) is 74.9 cm³/mol. The molecule has 0 amide bonds. The van der Waals surface area contributed by atoms with Crippen LogP contribution in [0.1, 0.15) is 52.9 Å². The molecule has 0 bridgehead atoms. The summed E-state index contributed by atoms with van der Waals surface area (Å²) in [6, 6.07) is 0. The normalized spacial score (nSPS) is 38.6. The molecule has 0 aromatic carbocycles. The second-order valence-electron chi connectivity index (χ2n) is 6.17. The Bertz CT molecular complexity index is 337. The van der Waals surface area contributed by atoms with Crippen molar-refractivity contribution in [3.63, 3.8) is 0 Å². The van der Waals surface area contributed by atoms with E-state index in [1.165, 1.54) is 37.7 Å². The highest BCUT2D eigenvalue weighted by Crippen LogP contribution is 2.61. The van der Waals surface area contributed by atoms with Crippen molar-refractivity contribution in [2.75, 3.05) is 0 Å². The Morgan fingerprint density at radius 1 is 1.38 bits per heavy atom. The van der Waals surface area contributed by atoms with Gasteiger partial charge in [-0.05, 0) is 44.4 Å². The van der Waals surface area contributed by atoms with E-state index in [0.717, 1.165) is 0 Å². The van der Waals surface area contributed by atoms with Crippen molar-refractivity contribution in [1.29, 1.82) is 0 Å². The summed E-state index contributed by atoms with van der Waals surface area (Å²) in [5, 5.41) is 0. The van der Waals surface area contributed by atoms with E-state index in [0.29, 0.717) is 15.7 Å². The van der Waals surface area contributed by atoms with Crippen molar-refractivity contribution < 1.29 is 0 Å². The van der Waals surface area contributed by atoms with E-state index in [9.17, 15) is 0 Å². The van der Waals surface area contributed by atoms with Gasteiger partial charge in [-0.25, -0.2) is 0 Å². The van der Waals surface area contributed by atoms with Crippen LogP contribution in [0.2, 0.25) is 0 Å². The van der Waals surface area contributed by atoms with Gasteiger partial charge in [-0.3, -0.25) is 0 Å². The summed E-state index contributed by atoms with van der Waals surface area (Å²) < 4.78 is 0. The maximum Gasteiger partial charge on any atom is 0.0208 e. The van der Waals surface area contributed by atoms with E-state index in [-0.39, 0.29) is 0 Å². The number of allylic oxidation sites excluding steroid dienone is 3. The molecule has 0 saturated heterocycles. The van der Waals surface area contributed by atoms with E-state index in [1.54, 1.807) is 5.57 Å². The molecule has 0 radical (unpaired) electrons. The van der Waals surface area contributed by atoms with Crippen molar-refractivity contribution in [3.8, 4) is 0 Å². The van der Waals surface area contributed by atoms with Gasteiger partial charge in [-0.15, -0.1) is 0 Å². The second-order valence-corrected chi connectivity index (χ2v) is 7.27. The van der Waals surface area contributed by atoms with Crippen LogP contribution in [0.25, 0.3) is 0 Å². The quantitative estimate of drug-likeness (QED) is 0.421. The number of rotatable bonds is 0. The fourth-order valence-electron chi connectivity index (χ4n) is 3.53. The zero-order valence-electron chi connectivity index (χ0n) is 10.8. The lowest BCUT2D eigenvalue weighted by Crippen LogP contribution is -2.48. The molecule has 0 heterocycles. The summed E-state index contributed by atoms with van der Waals surface area (Å²) >= 11 is 3.90. The molecule has 2 rings (SSSR count). The molecule has 0 unspecified atom stereocenters. The third kappa shape index (κ3) is 1.63. The topological polar surface area (TPSA) is 0 Å². The zero-order valence-corrected chi connectivity index (χ0v) is 12.4. The van der Waals surface area contributed by atoms with Crippen LogP contribution in [-0.4, -0.2) is 4.83 Å². The van der Waals surface area contributed by atoms with E-state index in [4.69, 9.17) is 0 Å². The van der Waals surface area contributed by atoms with Crippen LogP contribution in [0.3, 0.4) is 0 Å². The Labute approximate surface area is 108 Å². The highest BCUT2D eigenvalue weighted by atomic mass is 79.9. The third-order valence-corrected chi connectivity index (χ3v) is 6.74. The molecule has 1 heteroatoms. The van der Waals surface area contributed by atoms with Gasteiger partial charge in [0.2, 0.25) is 0 Å². The van der Waals surface area contributed by atoms with Crippen molar-refractivity contribution in [3.05, 3.63) is 23.8 Å². The lowest BCUT2D eigenvalue weighted by atomic mass is 9.51. The smallest absolute Gasteiger partial charge is 0.0208 e. The Balaban J connectivity index is 2.39. The SMILES string of the molecule is C=C1CC[C@@H](Br)C(C)(C)[C@@]12CC=C(C)CC2. The number of halogens is 1. The van der Waals surface area contributed by atoms with Crippen LogP contribution in [0.5, 0.6) is 0 Å². The standard InChI is InChI=1S/C15H23Br/c1-11-7-9-15(10-8-11)12(2)5-6-13(16)14(15,3)4/h7,13H,2,5-6,8-10H2,1,3-4H3/t13-,15-/m1/s1. The number of alkyl halides is 1. The molecule has 0 aromatic heterocycles. The fraction of sp³-hybridized carbons (Fsp3) is 0.733. The summed E-state index contributed by atoms with van der Waals surface area (Å²) in [5.41, 5.74) is 3.74. The first-order valence-electron chi connectivity index (χ1n) is 6.38. The van der Waals surface area contributed by atoms with Gasteiger partial charge in [-0.2, -0.15) is 0 Å². The van der Waals surface area contributed by atoms with E-state index in [1.807, 2.05) is 0 Å². The van der Waals surface area contributed by atoms with Crippen LogP contribution < -0.4 is 0 Å². The number of hydrogen-bond acceptors (Lipinski definition) is 0. The average molecular weight is 283 g/mol. The maximum absolute atomic E-state index is 4.40. The zero-order chi connectivity index (χ0) is 12.0. The molecule has 1 fully saturated rings. The Kier molecular flexibility index (Phi) is 3.11. The molecular formula is C15H23Br. The first kappa shape index (κ1) is 12.4. The molecule has 0 N–H and O–H groups in total. The van der Waals surface area contributed by atoms with E-state index in [2.05, 4.69) is 49.4 Å². The van der Waals surface area contributed by atoms with Crippen LogP contribution >= 0.6 is 15.9 Å². The molecule has 2 aliphatic rings. The van der Waals surface area contributed by atoms with E-state index >= 15 is 0 Å². The summed E-state index contributed by atoms with van der Waals surface area (Å²) in [7, 11) is 0. The van der Waals surface area contributed by atoms with Gasteiger partial charge in [0.1, 0.15) is 0 Å². The molecule has 16 heavy (non-hydrogen) atoms. The lowest BCUT2D eigenvalue weighted by molar-refractivity contribution is 0.0669. The maximum atomic E-state index is 4.40. The minimum atomic E-state index is 0.333. The number of hydrogen-bond donors (Lipinski definition) is 0. The molecule has 2 atom stereocenters. The summed E-state index contributed by atoms with van der Waals surface area (Å²) in [6.45, 7) is 11.5. The van der Waals surface area contributed by atoms with Crippen molar-refractivity contribution in [2.24, 2.45) is 10.8 Å². The minimum Gasteiger partial charge on any atom is -0.0993 e. The average Bonchev–Trinajstić information content (AvgIpc) is 2.24. The fourth-order valence-corrected chi connectivity index (χ4v) is 4.19. The van der Waals surface area contributed by atoms with Gasteiger partial charge in [-0.1, -0.05) is 53.6 Å². The highest BCUT2D eigenvalue weighted by Gasteiger charge is 2.52. The molecule has 1 saturated carbocycles. The lowest BCUT2D eigenvalue weighted by Gasteiger charge is -2.55. The van der Waals surface area contributed by atoms with Crippen LogP contribution in [0.4, 0.5) is 0 Å². The molecular weight excluding hydrogens is 260 g/mol. The Morgan fingerprint density at radius 3 is 2.62 bits per heavy atom. The monoisotopic (exact) mass is 282 g/mol. The summed E-state index contributed by atoms with van der Waals surface area (Å²) in [6.07, 6.45) is 8.64. The van der Waals surface area contributed by atoms with Crippen molar-refractivity contribution in [2.45, 2.75) is 57.7 Å². The van der Waals surface area contributed by atoms with Gasteiger partial charge >= 0.3 is 0 Å². The van der Waals surface area contributed by atoms with Gasteiger partial charge in [0.15, 0.2) is 0 Å². The van der Waals surface area contributed by atoms with Crippen LogP contribution in [-0.2, 0) is 0 Å².